The Morgan fingerprint density at radius 1 is 0.684 bits per heavy atom. The summed E-state index contributed by atoms with van der Waals surface area (Å²) in [7, 11) is 0. The standard InChI is InChI=1S/C58H71N5O13/c1-34(17-13-19-36(3)21-23-40-38(5)50(69)42(29-57(40,7)8)74-47(67)26-25-45(64)65)15-11-12-16-35(2)18-14-20-37(4)22-24-41-39(6)51(70)43(30-58(41,9)10)75-48(68)28-27-46(66)73-31-44-52(71)53(72)56(76-44)63-33-62-49-54(59)60-32-61-55(49)63/h11-24,32-33,42-44,52-53,56,71-72H,25-31H2,1-10H3,(H,64,65)(H2,59,60,61). The number of ether oxygens (including phenoxy) is 4. The summed E-state index contributed by atoms with van der Waals surface area (Å²) in [4.78, 5) is 87.1. The Bertz CT molecular complexity index is 2920. The highest BCUT2D eigenvalue weighted by Gasteiger charge is 2.45. The molecule has 0 amide bonds. The van der Waals surface area contributed by atoms with Crippen molar-refractivity contribution in [1.82, 2.24) is 19.5 Å². The number of allylic oxidation sites excluding steroid dienone is 20. The number of aliphatic carboxylic acids is 1. The van der Waals surface area contributed by atoms with E-state index in [1.165, 1.54) is 17.2 Å². The number of anilines is 1. The quantitative estimate of drug-likeness (QED) is 0.0521. The maximum absolute atomic E-state index is 13.4. The maximum Gasteiger partial charge on any atom is 0.307 e. The fourth-order valence-electron chi connectivity index (χ4n) is 9.01. The Balaban J connectivity index is 1.05. The van der Waals surface area contributed by atoms with Gasteiger partial charge in [0.1, 0.15) is 36.8 Å². The van der Waals surface area contributed by atoms with E-state index >= 15 is 0 Å². The van der Waals surface area contributed by atoms with E-state index in [0.717, 1.165) is 33.4 Å². The second kappa shape index (κ2) is 26.4. The number of aromatic nitrogens is 4. The van der Waals surface area contributed by atoms with Crippen molar-refractivity contribution in [2.45, 2.75) is 145 Å². The number of carbonyl (C=O) groups excluding carboxylic acids is 5. The Kier molecular flexibility index (Phi) is 20.6. The van der Waals surface area contributed by atoms with E-state index in [1.807, 2.05) is 140 Å². The van der Waals surface area contributed by atoms with Crippen LogP contribution in [0.4, 0.5) is 5.82 Å². The third kappa shape index (κ3) is 16.1. The highest BCUT2D eigenvalue weighted by Crippen LogP contribution is 2.42. The number of carboxylic acid groups (broad SMARTS) is 1. The Morgan fingerprint density at radius 3 is 1.64 bits per heavy atom. The first kappa shape index (κ1) is 59.5. The van der Waals surface area contributed by atoms with E-state index in [4.69, 9.17) is 29.8 Å². The van der Waals surface area contributed by atoms with Crippen LogP contribution in [0.25, 0.3) is 11.2 Å². The first-order chi connectivity index (χ1) is 35.8. The minimum Gasteiger partial charge on any atom is -0.481 e. The summed E-state index contributed by atoms with van der Waals surface area (Å²) >= 11 is 0. The molecule has 2 aromatic rings. The van der Waals surface area contributed by atoms with Crippen LogP contribution >= 0.6 is 0 Å². The highest BCUT2D eigenvalue weighted by atomic mass is 16.6. The molecule has 6 unspecified atom stereocenters. The van der Waals surface area contributed by atoms with Crippen molar-refractivity contribution in [1.29, 1.82) is 0 Å². The van der Waals surface area contributed by atoms with Crippen LogP contribution in [0.5, 0.6) is 0 Å². The lowest BCUT2D eigenvalue weighted by Crippen LogP contribution is -2.39. The number of nitrogens with two attached hydrogens (primary N) is 1. The van der Waals surface area contributed by atoms with Crippen molar-refractivity contribution in [2.24, 2.45) is 10.8 Å². The van der Waals surface area contributed by atoms with E-state index in [0.29, 0.717) is 23.1 Å². The van der Waals surface area contributed by atoms with Crippen molar-refractivity contribution in [3.05, 3.63) is 142 Å². The molecule has 2 aliphatic carbocycles. The van der Waals surface area contributed by atoms with Gasteiger partial charge >= 0.3 is 23.9 Å². The number of nitrogens with zero attached hydrogens (tertiary/aromatic N) is 4. The second-order valence-electron chi connectivity index (χ2n) is 20.6. The summed E-state index contributed by atoms with van der Waals surface area (Å²) in [5.41, 5.74) is 12.2. The number of ketones is 2. The lowest BCUT2D eigenvalue weighted by molar-refractivity contribution is -0.159. The number of hydrogen-bond donors (Lipinski definition) is 4. The molecule has 76 heavy (non-hydrogen) atoms. The first-order valence-electron chi connectivity index (χ1n) is 25.1. The lowest BCUT2D eigenvalue weighted by Gasteiger charge is -2.36. The van der Waals surface area contributed by atoms with Gasteiger partial charge in [0.15, 0.2) is 41.5 Å². The van der Waals surface area contributed by atoms with Crippen LogP contribution in [0.3, 0.4) is 0 Å². The molecule has 0 spiro atoms. The Hall–Kier alpha value is -7.41. The predicted octanol–water partition coefficient (Wildman–Crippen LogP) is 8.24. The topological polar surface area (TPSA) is 270 Å². The van der Waals surface area contributed by atoms with Crippen LogP contribution in [0.2, 0.25) is 0 Å². The minimum absolute atomic E-state index is 0.132. The largest absolute Gasteiger partial charge is 0.481 e. The van der Waals surface area contributed by atoms with Gasteiger partial charge in [0.2, 0.25) is 0 Å². The molecule has 1 aliphatic heterocycles. The van der Waals surface area contributed by atoms with Crippen molar-refractivity contribution in [3.63, 3.8) is 0 Å². The van der Waals surface area contributed by atoms with Gasteiger partial charge in [-0.1, -0.05) is 135 Å². The molecule has 6 atom stereocenters. The smallest absolute Gasteiger partial charge is 0.307 e. The molecule has 2 aromatic heterocycles. The summed E-state index contributed by atoms with van der Waals surface area (Å²) in [6.07, 6.45) is 22.4. The van der Waals surface area contributed by atoms with Gasteiger partial charge in [0, 0.05) is 12.8 Å². The number of nitrogen functional groups attached to an aromatic ring is 1. The van der Waals surface area contributed by atoms with Crippen LogP contribution < -0.4 is 5.73 Å². The number of fused-ring (bicyclic) bond motifs is 1. The zero-order valence-corrected chi connectivity index (χ0v) is 44.9. The van der Waals surface area contributed by atoms with Gasteiger partial charge in [0.05, 0.1) is 32.0 Å². The summed E-state index contributed by atoms with van der Waals surface area (Å²) in [6, 6.07) is 0. The van der Waals surface area contributed by atoms with Gasteiger partial charge in [-0.2, -0.15) is 0 Å². The number of imidazole rings is 1. The highest BCUT2D eigenvalue weighted by molar-refractivity contribution is 6.02. The van der Waals surface area contributed by atoms with Gasteiger partial charge in [-0.25, -0.2) is 15.0 Å². The summed E-state index contributed by atoms with van der Waals surface area (Å²) in [6.45, 7) is 18.9. The number of rotatable bonds is 21. The Morgan fingerprint density at radius 2 is 1.14 bits per heavy atom. The van der Waals surface area contributed by atoms with Gasteiger partial charge in [0.25, 0.3) is 0 Å². The summed E-state index contributed by atoms with van der Waals surface area (Å²) in [5.74, 6) is -3.74. The van der Waals surface area contributed by atoms with Gasteiger partial charge in [-0.05, 0) is 74.7 Å². The number of aliphatic hydroxyl groups excluding tert-OH is 2. The maximum atomic E-state index is 13.4. The number of carbonyl (C=O) groups is 6. The monoisotopic (exact) mass is 1050 g/mol. The molecule has 0 radical (unpaired) electrons. The second-order valence-corrected chi connectivity index (χ2v) is 20.6. The van der Waals surface area contributed by atoms with Crippen molar-refractivity contribution >= 4 is 52.4 Å². The van der Waals surface area contributed by atoms with E-state index in [1.54, 1.807) is 13.8 Å². The third-order valence-corrected chi connectivity index (χ3v) is 13.3. The molecule has 18 nitrogen and oxygen atoms in total. The van der Waals surface area contributed by atoms with Crippen molar-refractivity contribution in [3.8, 4) is 0 Å². The third-order valence-electron chi connectivity index (χ3n) is 13.3. The van der Waals surface area contributed by atoms with Crippen LogP contribution in [-0.2, 0) is 47.7 Å². The van der Waals surface area contributed by atoms with Crippen molar-refractivity contribution in [2.75, 3.05) is 12.3 Å². The van der Waals surface area contributed by atoms with E-state index in [9.17, 15) is 39.0 Å². The summed E-state index contributed by atoms with van der Waals surface area (Å²) < 4.78 is 23.4. The molecule has 0 aromatic carbocycles. The average Bonchev–Trinajstić information content (AvgIpc) is 3.91. The predicted molar refractivity (Wildman–Crippen MR) is 285 cm³/mol. The average molecular weight is 1050 g/mol. The molecular weight excluding hydrogens is 975 g/mol. The van der Waals surface area contributed by atoms with Crippen LogP contribution in [-0.4, -0.2) is 107 Å². The molecule has 3 heterocycles. The molecule has 18 heteroatoms. The number of esters is 3. The van der Waals surface area contributed by atoms with E-state index in [2.05, 4.69) is 15.0 Å². The fourth-order valence-corrected chi connectivity index (χ4v) is 9.01. The molecular formula is C58H71N5O13. The molecule has 1 saturated heterocycles. The number of carboxylic acids is 1. The van der Waals surface area contributed by atoms with Crippen LogP contribution in [0.1, 0.15) is 114 Å². The zero-order valence-electron chi connectivity index (χ0n) is 44.9. The zero-order chi connectivity index (χ0) is 56.1. The number of aliphatic hydroxyl groups is 2. The SMILES string of the molecule is CC(C=CC=C(C)C=CC1=C(C)C(=O)C(OC(=O)CCC(=O)O)CC1(C)C)=CC=CC=C(C)C=CC=C(C)C=CC1=C(C)C(=O)C(OC(=O)CCC(=O)OCC2OC(n3cnc4c(N)ncnc43)C(O)C2O)CC1(C)C. The van der Waals surface area contributed by atoms with Gasteiger partial charge < -0.3 is 40.0 Å². The van der Waals surface area contributed by atoms with E-state index < -0.39 is 78.1 Å². The van der Waals surface area contributed by atoms with Crippen molar-refractivity contribution < 1.29 is 63.0 Å². The Labute approximate surface area is 443 Å². The molecule has 0 saturated carbocycles. The van der Waals surface area contributed by atoms with Gasteiger partial charge in [-0.3, -0.25) is 33.3 Å². The van der Waals surface area contributed by atoms with Crippen LogP contribution in [0, 0.1) is 10.8 Å². The molecule has 5 rings (SSSR count). The van der Waals surface area contributed by atoms with Crippen LogP contribution in [0.15, 0.2) is 142 Å². The van der Waals surface area contributed by atoms with Gasteiger partial charge in [-0.15, -0.1) is 0 Å². The molecule has 3 aliphatic rings. The molecule has 0 bridgehead atoms. The molecule has 1 fully saturated rings. The lowest BCUT2D eigenvalue weighted by atomic mass is 9.71. The summed E-state index contributed by atoms with van der Waals surface area (Å²) in [5, 5.41) is 30.1. The number of hydrogen-bond acceptors (Lipinski definition) is 16. The molecule has 5 N–H and O–H groups in total. The van der Waals surface area contributed by atoms with E-state index in [-0.39, 0.29) is 55.1 Å². The minimum atomic E-state index is -1.41. The fraction of sp³-hybridized carbons (Fsp3) is 0.431. The first-order valence-corrected chi connectivity index (χ1v) is 25.1. The number of Topliss-reactive ketones (excluding diaryl/α,β-unsaturated/α-hetero) is 2. The molecule has 406 valence electrons. The normalized spacial score (nSPS) is 23.9.